The average Bonchev–Trinajstić information content (AvgIpc) is 2.90. The Kier molecular flexibility index (Phi) is 6.29. The molecule has 0 aliphatic carbocycles. The molecule has 7 nitrogen and oxygen atoms in total. The number of rotatable bonds is 6. The Hall–Kier alpha value is -4.39. The maximum Gasteiger partial charge on any atom is 0.244 e. The molecule has 0 unspecified atom stereocenters. The van der Waals surface area contributed by atoms with Gasteiger partial charge in [0.1, 0.15) is 19.8 Å². The van der Waals surface area contributed by atoms with Crippen LogP contribution in [0.5, 0.6) is 11.5 Å². The van der Waals surface area contributed by atoms with Crippen LogP contribution in [0.3, 0.4) is 0 Å². The van der Waals surface area contributed by atoms with E-state index in [0.29, 0.717) is 46.9 Å². The van der Waals surface area contributed by atoms with Gasteiger partial charge in [-0.25, -0.2) is 0 Å². The molecule has 2 heterocycles. The first-order valence-electron chi connectivity index (χ1n) is 11.9. The van der Waals surface area contributed by atoms with Crippen LogP contribution in [0, 0.1) is 6.92 Å². The van der Waals surface area contributed by atoms with Crippen LogP contribution in [0.15, 0.2) is 71.7 Å². The summed E-state index contributed by atoms with van der Waals surface area (Å²) in [4.78, 5) is 39.7. The number of carbonyl (C=O) groups excluding carboxylic acids is 2. The van der Waals surface area contributed by atoms with Gasteiger partial charge in [0.05, 0.1) is 11.1 Å². The lowest BCUT2D eigenvalue weighted by Crippen LogP contribution is -2.24. The molecular weight excluding hydrogens is 456 g/mol. The fourth-order valence-corrected chi connectivity index (χ4v) is 4.29. The van der Waals surface area contributed by atoms with E-state index in [0.717, 1.165) is 17.5 Å². The van der Waals surface area contributed by atoms with Crippen molar-refractivity contribution in [1.82, 2.24) is 4.57 Å². The molecule has 182 valence electrons. The average molecular weight is 483 g/mol. The summed E-state index contributed by atoms with van der Waals surface area (Å²) in [5, 5.41) is 3.29. The summed E-state index contributed by atoms with van der Waals surface area (Å²) in [6.45, 7) is 4.79. The first-order valence-corrected chi connectivity index (χ1v) is 11.9. The van der Waals surface area contributed by atoms with Crippen LogP contribution in [0.25, 0.3) is 10.9 Å². The van der Waals surface area contributed by atoms with E-state index in [1.807, 2.05) is 38.1 Å². The molecule has 0 saturated heterocycles. The number of fused-ring (bicyclic) bond motifs is 2. The lowest BCUT2D eigenvalue weighted by atomic mass is 10.00. The maximum absolute atomic E-state index is 13.4. The Morgan fingerprint density at radius 1 is 0.944 bits per heavy atom. The number of amides is 1. The number of nitrogens with zero attached hydrogens (tertiary/aromatic N) is 1. The topological polar surface area (TPSA) is 86.6 Å². The van der Waals surface area contributed by atoms with Crippen LogP contribution in [-0.4, -0.2) is 29.5 Å². The number of anilines is 1. The van der Waals surface area contributed by atoms with Crippen molar-refractivity contribution in [2.75, 3.05) is 18.5 Å². The van der Waals surface area contributed by atoms with Crippen molar-refractivity contribution < 1.29 is 19.1 Å². The number of aromatic nitrogens is 1. The van der Waals surface area contributed by atoms with E-state index in [-0.39, 0.29) is 29.2 Å². The van der Waals surface area contributed by atoms with Crippen molar-refractivity contribution >= 4 is 28.3 Å². The van der Waals surface area contributed by atoms with E-state index in [2.05, 4.69) is 5.32 Å². The van der Waals surface area contributed by atoms with E-state index in [1.165, 1.54) is 6.20 Å². The summed E-state index contributed by atoms with van der Waals surface area (Å²) in [5.74, 6) is 0.539. The van der Waals surface area contributed by atoms with Crippen molar-refractivity contribution in [2.24, 2.45) is 0 Å². The number of carbonyl (C=O) groups is 2. The van der Waals surface area contributed by atoms with Gasteiger partial charge < -0.3 is 19.4 Å². The Morgan fingerprint density at radius 3 is 2.44 bits per heavy atom. The standard InChI is InChI=1S/C29H26N2O5/c1-3-19-6-10-24-22(14-19)29(34)23(28(33)20-7-4-18(2)5-8-20)16-31(24)17-27(32)30-21-9-11-25-26(15-21)36-13-12-35-25/h4-11,14-16H,3,12-13,17H2,1-2H3,(H,30,32). The summed E-state index contributed by atoms with van der Waals surface area (Å²) in [6.07, 6.45) is 2.23. The van der Waals surface area contributed by atoms with E-state index >= 15 is 0 Å². The molecule has 0 radical (unpaired) electrons. The van der Waals surface area contributed by atoms with Crippen LogP contribution in [0.1, 0.15) is 34.0 Å². The first kappa shape index (κ1) is 23.4. The maximum atomic E-state index is 13.4. The number of benzene rings is 3. The second-order valence-corrected chi connectivity index (χ2v) is 8.81. The van der Waals surface area contributed by atoms with E-state index in [1.54, 1.807) is 41.0 Å². The van der Waals surface area contributed by atoms with E-state index in [4.69, 9.17) is 9.47 Å². The predicted molar refractivity (Wildman–Crippen MR) is 138 cm³/mol. The molecule has 7 heteroatoms. The van der Waals surface area contributed by atoms with Crippen LogP contribution >= 0.6 is 0 Å². The second kappa shape index (κ2) is 9.70. The highest BCUT2D eigenvalue weighted by Gasteiger charge is 2.19. The molecule has 1 amide bonds. The number of ether oxygens (including phenoxy) is 2. The molecule has 1 N–H and O–H groups in total. The van der Waals surface area contributed by atoms with Gasteiger partial charge in [0.25, 0.3) is 0 Å². The van der Waals surface area contributed by atoms with Crippen LogP contribution in [0.4, 0.5) is 5.69 Å². The minimum atomic E-state index is -0.371. The molecule has 36 heavy (non-hydrogen) atoms. The third kappa shape index (κ3) is 4.60. The first-order chi connectivity index (χ1) is 17.4. The number of hydrogen-bond donors (Lipinski definition) is 1. The summed E-state index contributed by atoms with van der Waals surface area (Å²) in [7, 11) is 0. The minimum absolute atomic E-state index is 0.0340. The molecule has 1 aromatic heterocycles. The fourth-order valence-electron chi connectivity index (χ4n) is 4.29. The van der Waals surface area contributed by atoms with Crippen molar-refractivity contribution in [3.8, 4) is 11.5 Å². The van der Waals surface area contributed by atoms with Crippen molar-refractivity contribution in [2.45, 2.75) is 26.8 Å². The Labute approximate surface area is 208 Å². The summed E-state index contributed by atoms with van der Waals surface area (Å²) in [6, 6.07) is 17.9. The molecule has 5 rings (SSSR count). The number of nitrogens with one attached hydrogen (secondary N) is 1. The molecule has 0 saturated carbocycles. The second-order valence-electron chi connectivity index (χ2n) is 8.81. The summed E-state index contributed by atoms with van der Waals surface area (Å²) < 4.78 is 12.8. The van der Waals surface area contributed by atoms with Gasteiger partial charge in [-0.15, -0.1) is 0 Å². The molecule has 3 aromatic carbocycles. The largest absolute Gasteiger partial charge is 0.486 e. The molecule has 0 spiro atoms. The van der Waals surface area contributed by atoms with Gasteiger partial charge >= 0.3 is 0 Å². The molecule has 0 bridgehead atoms. The van der Waals surface area contributed by atoms with Gasteiger partial charge in [0.2, 0.25) is 11.3 Å². The predicted octanol–water partition coefficient (Wildman–Crippen LogP) is 4.51. The Balaban J connectivity index is 1.51. The Bertz CT molecular complexity index is 1540. The third-order valence-electron chi connectivity index (χ3n) is 6.25. The van der Waals surface area contributed by atoms with Gasteiger partial charge in [-0.2, -0.15) is 0 Å². The van der Waals surface area contributed by atoms with Gasteiger partial charge in [-0.3, -0.25) is 14.4 Å². The zero-order chi connectivity index (χ0) is 25.2. The van der Waals surface area contributed by atoms with Gasteiger partial charge in [-0.05, 0) is 43.2 Å². The number of hydrogen-bond acceptors (Lipinski definition) is 5. The number of pyridine rings is 1. The smallest absolute Gasteiger partial charge is 0.244 e. The Morgan fingerprint density at radius 2 is 1.69 bits per heavy atom. The highest BCUT2D eigenvalue weighted by atomic mass is 16.6. The van der Waals surface area contributed by atoms with Crippen LogP contribution in [-0.2, 0) is 17.8 Å². The van der Waals surface area contributed by atoms with Crippen molar-refractivity contribution in [3.63, 3.8) is 0 Å². The highest BCUT2D eigenvalue weighted by Crippen LogP contribution is 2.32. The lowest BCUT2D eigenvalue weighted by molar-refractivity contribution is -0.116. The number of aryl methyl sites for hydroxylation is 2. The minimum Gasteiger partial charge on any atom is -0.486 e. The molecule has 1 aliphatic heterocycles. The monoisotopic (exact) mass is 482 g/mol. The van der Waals surface area contributed by atoms with Crippen LogP contribution < -0.4 is 20.2 Å². The van der Waals surface area contributed by atoms with Gasteiger partial charge in [0, 0.05) is 28.9 Å². The molecular formula is C29H26N2O5. The van der Waals surface area contributed by atoms with Gasteiger partial charge in [0.15, 0.2) is 17.3 Å². The zero-order valence-electron chi connectivity index (χ0n) is 20.2. The highest BCUT2D eigenvalue weighted by molar-refractivity contribution is 6.10. The fraction of sp³-hybridized carbons (Fsp3) is 0.207. The lowest BCUT2D eigenvalue weighted by Gasteiger charge is -2.19. The van der Waals surface area contributed by atoms with Crippen molar-refractivity contribution in [1.29, 1.82) is 0 Å². The third-order valence-corrected chi connectivity index (χ3v) is 6.25. The molecule has 1 aliphatic rings. The molecule has 0 atom stereocenters. The SMILES string of the molecule is CCc1ccc2c(c1)c(=O)c(C(=O)c1ccc(C)cc1)cn2CC(=O)Nc1ccc2c(c1)OCCO2. The normalized spacial score (nSPS) is 12.4. The zero-order valence-corrected chi connectivity index (χ0v) is 20.2. The van der Waals surface area contributed by atoms with Crippen LogP contribution in [0.2, 0.25) is 0 Å². The number of ketones is 1. The summed E-state index contributed by atoms with van der Waals surface area (Å²) in [5.41, 5.74) is 3.28. The van der Waals surface area contributed by atoms with E-state index < -0.39 is 0 Å². The van der Waals surface area contributed by atoms with Gasteiger partial charge in [-0.1, -0.05) is 42.8 Å². The van der Waals surface area contributed by atoms with E-state index in [9.17, 15) is 14.4 Å². The summed E-state index contributed by atoms with van der Waals surface area (Å²) >= 11 is 0. The van der Waals surface area contributed by atoms with Crippen molar-refractivity contribution in [3.05, 3.63) is 99.3 Å². The molecule has 4 aromatic rings. The quantitative estimate of drug-likeness (QED) is 0.409. The molecule has 0 fully saturated rings.